The maximum absolute atomic E-state index is 11.9. The summed E-state index contributed by atoms with van der Waals surface area (Å²) >= 11 is 1.79. The van der Waals surface area contributed by atoms with Gasteiger partial charge in [-0.1, -0.05) is 30.9 Å². The maximum Gasteiger partial charge on any atom is 0.239 e. The number of allylic oxidation sites excluding steroid dienone is 3. The second kappa shape index (κ2) is 6.68. The van der Waals surface area contributed by atoms with Crippen LogP contribution in [0.25, 0.3) is 0 Å². The van der Waals surface area contributed by atoms with Crippen molar-refractivity contribution in [1.29, 1.82) is 0 Å². The summed E-state index contributed by atoms with van der Waals surface area (Å²) in [7, 11) is 0. The minimum atomic E-state index is -0.406. The van der Waals surface area contributed by atoms with Gasteiger partial charge in [-0.15, -0.1) is 11.3 Å². The molecule has 0 aliphatic carbocycles. The average molecular weight is 288 g/mol. The Labute approximate surface area is 124 Å². The van der Waals surface area contributed by atoms with Crippen LogP contribution in [0.15, 0.2) is 47.9 Å². The number of nitrogens with zero attached hydrogens (tertiary/aromatic N) is 1. The predicted molar refractivity (Wildman–Crippen MR) is 84.5 cm³/mol. The summed E-state index contributed by atoms with van der Waals surface area (Å²) in [4.78, 5) is 15.4. The minimum Gasteiger partial charge on any atom is -0.368 e. The molecule has 1 amide bonds. The molecule has 0 bridgehead atoms. The van der Waals surface area contributed by atoms with E-state index in [1.165, 1.54) is 10.4 Å². The monoisotopic (exact) mass is 288 g/mol. The lowest BCUT2D eigenvalue weighted by molar-refractivity contribution is -0.122. The highest BCUT2D eigenvalue weighted by atomic mass is 32.1. The molecule has 2 heterocycles. The summed E-state index contributed by atoms with van der Waals surface area (Å²) in [5.74, 6) is -0.320. The van der Waals surface area contributed by atoms with Gasteiger partial charge in [0.15, 0.2) is 0 Å². The topological polar surface area (TPSA) is 46.3 Å². The number of thiophene rings is 1. The fraction of sp³-hybridized carbons (Fsp3) is 0.312. The molecule has 0 saturated heterocycles. The maximum atomic E-state index is 11.9. The van der Waals surface area contributed by atoms with E-state index in [0.29, 0.717) is 0 Å². The molecule has 0 radical (unpaired) electrons. The second-order valence-electron chi connectivity index (χ2n) is 4.79. The smallest absolute Gasteiger partial charge is 0.239 e. The highest BCUT2D eigenvalue weighted by Gasteiger charge is 2.29. The van der Waals surface area contributed by atoms with Crippen molar-refractivity contribution >= 4 is 17.2 Å². The van der Waals surface area contributed by atoms with Crippen LogP contribution >= 0.6 is 11.3 Å². The quantitative estimate of drug-likeness (QED) is 0.847. The van der Waals surface area contributed by atoms with Crippen LogP contribution in [-0.2, 0) is 17.8 Å². The summed E-state index contributed by atoms with van der Waals surface area (Å²) in [6.07, 6.45) is 8.44. The lowest BCUT2D eigenvalue weighted by atomic mass is 10.00. The summed E-state index contributed by atoms with van der Waals surface area (Å²) in [5, 5.41) is 2.11. The molecule has 1 aromatic rings. The number of carbonyl (C=O) groups excluding carboxylic acids is 1. The van der Waals surface area contributed by atoms with Crippen molar-refractivity contribution in [3.05, 3.63) is 58.3 Å². The van der Waals surface area contributed by atoms with Crippen molar-refractivity contribution in [3.63, 3.8) is 0 Å². The van der Waals surface area contributed by atoms with Gasteiger partial charge in [-0.05, 0) is 35.9 Å². The zero-order valence-electron chi connectivity index (χ0n) is 11.7. The van der Waals surface area contributed by atoms with E-state index in [2.05, 4.69) is 22.9 Å². The van der Waals surface area contributed by atoms with Gasteiger partial charge < -0.3 is 5.73 Å². The van der Waals surface area contributed by atoms with Crippen LogP contribution in [-0.4, -0.2) is 23.4 Å². The third kappa shape index (κ3) is 3.08. The predicted octanol–water partition coefficient (Wildman–Crippen LogP) is 2.65. The van der Waals surface area contributed by atoms with Gasteiger partial charge in [0, 0.05) is 18.0 Å². The molecule has 0 spiro atoms. The van der Waals surface area contributed by atoms with Crippen molar-refractivity contribution in [2.24, 2.45) is 5.73 Å². The number of primary amides is 1. The lowest BCUT2D eigenvalue weighted by Crippen LogP contribution is -2.47. The number of amides is 1. The Bertz CT molecular complexity index is 557. The van der Waals surface area contributed by atoms with Crippen molar-refractivity contribution < 1.29 is 4.79 Å². The van der Waals surface area contributed by atoms with Crippen molar-refractivity contribution in [2.45, 2.75) is 25.9 Å². The molecule has 4 heteroatoms. The number of carbonyl (C=O) groups is 1. The van der Waals surface area contributed by atoms with Gasteiger partial charge in [0.05, 0.1) is 0 Å². The second-order valence-corrected chi connectivity index (χ2v) is 5.79. The first-order chi connectivity index (χ1) is 9.67. The van der Waals surface area contributed by atoms with Gasteiger partial charge in [0.1, 0.15) is 6.04 Å². The molecule has 1 aliphatic rings. The third-order valence-electron chi connectivity index (χ3n) is 3.50. The van der Waals surface area contributed by atoms with Crippen molar-refractivity contribution in [1.82, 2.24) is 4.90 Å². The first kappa shape index (κ1) is 14.8. The Balaban J connectivity index is 2.26. The molecule has 1 unspecified atom stereocenters. The number of hydrogen-bond acceptors (Lipinski definition) is 3. The van der Waals surface area contributed by atoms with Crippen molar-refractivity contribution in [3.8, 4) is 0 Å². The van der Waals surface area contributed by atoms with E-state index in [1.807, 2.05) is 25.2 Å². The van der Waals surface area contributed by atoms with Crippen LogP contribution in [0.4, 0.5) is 0 Å². The number of nitrogens with two attached hydrogens (primary N) is 1. The summed E-state index contributed by atoms with van der Waals surface area (Å²) in [5.41, 5.74) is 7.78. The summed E-state index contributed by atoms with van der Waals surface area (Å²) < 4.78 is 0. The first-order valence-electron chi connectivity index (χ1n) is 6.71. The van der Waals surface area contributed by atoms with E-state index in [-0.39, 0.29) is 5.91 Å². The molecule has 0 saturated carbocycles. The minimum absolute atomic E-state index is 0.320. The Morgan fingerprint density at radius 1 is 1.60 bits per heavy atom. The Hall–Kier alpha value is -1.65. The largest absolute Gasteiger partial charge is 0.368 e. The molecule has 1 aliphatic heterocycles. The summed E-state index contributed by atoms with van der Waals surface area (Å²) in [6, 6.07) is 1.73. The van der Waals surface area contributed by atoms with Crippen molar-refractivity contribution in [2.75, 3.05) is 6.54 Å². The highest BCUT2D eigenvalue weighted by molar-refractivity contribution is 7.10. The van der Waals surface area contributed by atoms with Crippen LogP contribution in [0.5, 0.6) is 0 Å². The fourth-order valence-corrected chi connectivity index (χ4v) is 3.41. The SMILES string of the molecule is C=C/C(=C\C=C/C)C(C(N)=O)N1CCc2sccc2C1. The van der Waals surface area contributed by atoms with Crippen LogP contribution in [0.3, 0.4) is 0 Å². The van der Waals surface area contributed by atoms with E-state index < -0.39 is 6.04 Å². The Morgan fingerprint density at radius 2 is 2.40 bits per heavy atom. The van der Waals surface area contributed by atoms with Gasteiger partial charge >= 0.3 is 0 Å². The molecule has 3 nitrogen and oxygen atoms in total. The van der Waals surface area contributed by atoms with E-state index in [1.54, 1.807) is 17.4 Å². The molecule has 1 aromatic heterocycles. The molecular formula is C16H20N2OS. The van der Waals surface area contributed by atoms with E-state index >= 15 is 0 Å². The first-order valence-corrected chi connectivity index (χ1v) is 7.59. The van der Waals surface area contributed by atoms with Gasteiger partial charge in [-0.2, -0.15) is 0 Å². The molecular weight excluding hydrogens is 268 g/mol. The zero-order valence-corrected chi connectivity index (χ0v) is 12.5. The van der Waals surface area contributed by atoms with Crippen LogP contribution in [0.1, 0.15) is 17.4 Å². The Kier molecular flexibility index (Phi) is 4.93. The van der Waals surface area contributed by atoms with Gasteiger partial charge in [-0.25, -0.2) is 0 Å². The standard InChI is InChI=1S/C16H20N2OS/c1-3-5-6-12(4-2)15(16(17)19)18-9-7-14-13(11-18)8-10-20-14/h3-6,8,10,15H,2,7,9,11H2,1H3,(H2,17,19)/b5-3-,12-6+. The zero-order chi connectivity index (χ0) is 14.5. The molecule has 106 valence electrons. The molecule has 2 N–H and O–H groups in total. The van der Waals surface area contributed by atoms with Crippen LogP contribution < -0.4 is 5.73 Å². The highest BCUT2D eigenvalue weighted by Crippen LogP contribution is 2.27. The average Bonchev–Trinajstić information content (AvgIpc) is 2.90. The summed E-state index contributed by atoms with van der Waals surface area (Å²) in [6.45, 7) is 7.37. The molecule has 0 fully saturated rings. The number of rotatable bonds is 5. The number of hydrogen-bond donors (Lipinski definition) is 1. The molecule has 20 heavy (non-hydrogen) atoms. The van der Waals surface area contributed by atoms with Crippen LogP contribution in [0.2, 0.25) is 0 Å². The van der Waals surface area contributed by atoms with Gasteiger partial charge in [0.2, 0.25) is 5.91 Å². The Morgan fingerprint density at radius 3 is 3.05 bits per heavy atom. The van der Waals surface area contributed by atoms with E-state index in [4.69, 9.17) is 5.73 Å². The fourth-order valence-electron chi connectivity index (χ4n) is 2.52. The van der Waals surface area contributed by atoms with E-state index in [9.17, 15) is 4.79 Å². The third-order valence-corrected chi connectivity index (χ3v) is 4.53. The number of fused-ring (bicyclic) bond motifs is 1. The lowest BCUT2D eigenvalue weighted by Gasteiger charge is -2.33. The van der Waals surface area contributed by atoms with Gasteiger partial charge in [0.25, 0.3) is 0 Å². The molecule has 2 rings (SSSR count). The van der Waals surface area contributed by atoms with Gasteiger partial charge in [-0.3, -0.25) is 9.69 Å². The van der Waals surface area contributed by atoms with E-state index in [0.717, 1.165) is 25.1 Å². The molecule has 1 atom stereocenters. The van der Waals surface area contributed by atoms with Crippen LogP contribution in [0, 0.1) is 0 Å². The molecule has 0 aromatic carbocycles. The normalized spacial score (nSPS) is 17.9.